The van der Waals surface area contributed by atoms with Crippen LogP contribution < -0.4 is 5.32 Å². The molecule has 1 aromatic heterocycles. The van der Waals surface area contributed by atoms with E-state index < -0.39 is 5.54 Å². The van der Waals surface area contributed by atoms with Gasteiger partial charge in [-0.25, -0.2) is 9.78 Å². The van der Waals surface area contributed by atoms with Crippen LogP contribution in [0.1, 0.15) is 43.5 Å². The zero-order valence-electron chi connectivity index (χ0n) is 15.9. The molecule has 0 unspecified atom stereocenters. The van der Waals surface area contributed by atoms with Gasteiger partial charge in [0, 0.05) is 20.0 Å². The molecule has 1 spiro atoms. The predicted octanol–water partition coefficient (Wildman–Crippen LogP) is 2.90. The molecule has 2 fully saturated rings. The van der Waals surface area contributed by atoms with Gasteiger partial charge >= 0.3 is 6.03 Å². The van der Waals surface area contributed by atoms with Gasteiger partial charge in [0.15, 0.2) is 0 Å². The lowest BCUT2D eigenvalue weighted by Crippen LogP contribution is -2.44. The Labute approximate surface area is 167 Å². The standard InChI is InChI=1S/C20H24N4O3S/c1-23(13-16-21-14-7-2-3-8-15(14)28-16)17(25)9-6-12-24-18(26)20(22-19(24)27)10-4-5-11-20/h2-3,7-8H,4-6,9-13H2,1H3,(H,22,27). The van der Waals surface area contributed by atoms with Crippen molar-refractivity contribution in [2.75, 3.05) is 13.6 Å². The summed E-state index contributed by atoms with van der Waals surface area (Å²) in [5.41, 5.74) is 0.271. The lowest BCUT2D eigenvalue weighted by molar-refractivity contribution is -0.133. The van der Waals surface area contributed by atoms with Crippen molar-refractivity contribution in [3.63, 3.8) is 0 Å². The number of aromatic nitrogens is 1. The van der Waals surface area contributed by atoms with E-state index in [1.165, 1.54) is 4.90 Å². The minimum atomic E-state index is -0.676. The third-order valence-electron chi connectivity index (χ3n) is 5.61. The number of benzene rings is 1. The van der Waals surface area contributed by atoms with Crippen LogP contribution >= 0.6 is 11.3 Å². The first kappa shape index (κ1) is 18.9. The second-order valence-electron chi connectivity index (χ2n) is 7.60. The highest BCUT2D eigenvalue weighted by molar-refractivity contribution is 7.18. The lowest BCUT2D eigenvalue weighted by Gasteiger charge is -2.20. The molecule has 148 valence electrons. The first-order valence-electron chi connectivity index (χ1n) is 9.71. The van der Waals surface area contributed by atoms with Gasteiger partial charge in [0.05, 0.1) is 16.8 Å². The van der Waals surface area contributed by atoms with Crippen LogP contribution in [0.15, 0.2) is 24.3 Å². The highest BCUT2D eigenvalue weighted by atomic mass is 32.1. The molecule has 4 amide bonds. The number of carbonyl (C=O) groups excluding carboxylic acids is 3. The van der Waals surface area contributed by atoms with Crippen molar-refractivity contribution in [2.24, 2.45) is 0 Å². The number of imide groups is 1. The van der Waals surface area contributed by atoms with E-state index in [-0.39, 0.29) is 24.4 Å². The number of fused-ring (bicyclic) bond motifs is 1. The quantitative estimate of drug-likeness (QED) is 0.756. The molecule has 1 saturated heterocycles. The summed E-state index contributed by atoms with van der Waals surface area (Å²) in [6, 6.07) is 7.60. The Morgan fingerprint density at radius 3 is 2.79 bits per heavy atom. The Kier molecular flexibility index (Phi) is 5.05. The average molecular weight is 401 g/mol. The molecule has 2 aromatic rings. The highest BCUT2D eigenvalue weighted by Crippen LogP contribution is 2.35. The van der Waals surface area contributed by atoms with E-state index >= 15 is 0 Å². The molecule has 1 aliphatic carbocycles. The van der Waals surface area contributed by atoms with Gasteiger partial charge in [-0.15, -0.1) is 11.3 Å². The van der Waals surface area contributed by atoms with Gasteiger partial charge in [0.25, 0.3) is 5.91 Å². The van der Waals surface area contributed by atoms with Crippen LogP contribution in [0.5, 0.6) is 0 Å². The van der Waals surface area contributed by atoms with E-state index in [0.29, 0.717) is 19.4 Å². The summed E-state index contributed by atoms with van der Waals surface area (Å²) in [7, 11) is 1.76. The minimum Gasteiger partial charge on any atom is -0.339 e. The number of carbonyl (C=O) groups is 3. The minimum absolute atomic E-state index is 0.0121. The molecular weight excluding hydrogens is 376 g/mol. The van der Waals surface area contributed by atoms with Gasteiger partial charge in [-0.3, -0.25) is 14.5 Å². The van der Waals surface area contributed by atoms with Crippen LogP contribution in [0.2, 0.25) is 0 Å². The van der Waals surface area contributed by atoms with Crippen LogP contribution in [0.25, 0.3) is 10.2 Å². The molecule has 0 atom stereocenters. The number of para-hydroxylation sites is 1. The molecule has 2 heterocycles. The van der Waals surface area contributed by atoms with Crippen LogP contribution in [-0.2, 0) is 16.1 Å². The Bertz CT molecular complexity index is 886. The topological polar surface area (TPSA) is 82.6 Å². The van der Waals surface area contributed by atoms with Gasteiger partial charge in [0.1, 0.15) is 10.5 Å². The summed E-state index contributed by atoms with van der Waals surface area (Å²) in [6.07, 6.45) is 4.14. The molecule has 0 radical (unpaired) electrons. The molecule has 4 rings (SSSR count). The third kappa shape index (κ3) is 3.48. The fourth-order valence-electron chi connectivity index (χ4n) is 4.05. The number of nitrogens with zero attached hydrogens (tertiary/aromatic N) is 3. The number of rotatable bonds is 6. The number of amides is 4. The molecule has 1 aliphatic heterocycles. The zero-order valence-corrected chi connectivity index (χ0v) is 16.8. The molecule has 1 saturated carbocycles. The molecule has 0 bridgehead atoms. The number of urea groups is 1. The number of nitrogens with one attached hydrogen (secondary N) is 1. The Morgan fingerprint density at radius 2 is 2.04 bits per heavy atom. The molecule has 7 nitrogen and oxygen atoms in total. The summed E-state index contributed by atoms with van der Waals surface area (Å²) in [6.45, 7) is 0.748. The Hall–Kier alpha value is -2.48. The van der Waals surface area contributed by atoms with Crippen LogP contribution in [-0.4, -0.2) is 51.8 Å². The predicted molar refractivity (Wildman–Crippen MR) is 107 cm³/mol. The zero-order chi connectivity index (χ0) is 19.7. The largest absolute Gasteiger partial charge is 0.339 e. The number of hydrogen-bond acceptors (Lipinski definition) is 5. The van der Waals surface area contributed by atoms with Crippen molar-refractivity contribution in [2.45, 2.75) is 50.6 Å². The third-order valence-corrected chi connectivity index (χ3v) is 6.63. The SMILES string of the molecule is CN(Cc1nc2ccccc2s1)C(=O)CCCN1C(=O)NC2(CCCC2)C1=O. The monoisotopic (exact) mass is 400 g/mol. The molecule has 28 heavy (non-hydrogen) atoms. The molecular formula is C20H24N4O3S. The van der Waals surface area contributed by atoms with E-state index in [9.17, 15) is 14.4 Å². The summed E-state index contributed by atoms with van der Waals surface area (Å²) >= 11 is 1.59. The Balaban J connectivity index is 1.28. The first-order valence-corrected chi connectivity index (χ1v) is 10.5. The van der Waals surface area contributed by atoms with Gasteiger partial charge in [-0.1, -0.05) is 25.0 Å². The summed E-state index contributed by atoms with van der Waals surface area (Å²) in [4.78, 5) is 44.7. The summed E-state index contributed by atoms with van der Waals surface area (Å²) < 4.78 is 1.11. The maximum atomic E-state index is 12.6. The van der Waals surface area contributed by atoms with E-state index in [4.69, 9.17) is 0 Å². The fourth-order valence-corrected chi connectivity index (χ4v) is 5.08. The van der Waals surface area contributed by atoms with Crippen molar-refractivity contribution in [3.8, 4) is 0 Å². The van der Waals surface area contributed by atoms with E-state index in [1.807, 2.05) is 24.3 Å². The van der Waals surface area contributed by atoms with E-state index in [0.717, 1.165) is 40.9 Å². The number of hydrogen-bond donors (Lipinski definition) is 1. The second kappa shape index (κ2) is 7.50. The van der Waals surface area contributed by atoms with Gasteiger partial charge < -0.3 is 10.2 Å². The van der Waals surface area contributed by atoms with E-state index in [1.54, 1.807) is 23.3 Å². The Morgan fingerprint density at radius 1 is 1.29 bits per heavy atom. The van der Waals surface area contributed by atoms with Crippen molar-refractivity contribution >= 4 is 39.4 Å². The number of thiazole rings is 1. The van der Waals surface area contributed by atoms with Crippen LogP contribution in [0, 0.1) is 0 Å². The normalized spacial score (nSPS) is 18.2. The maximum Gasteiger partial charge on any atom is 0.325 e. The summed E-state index contributed by atoms with van der Waals surface area (Å²) in [5, 5.41) is 3.77. The van der Waals surface area contributed by atoms with Crippen LogP contribution in [0.3, 0.4) is 0 Å². The van der Waals surface area contributed by atoms with Gasteiger partial charge in [-0.2, -0.15) is 0 Å². The average Bonchev–Trinajstić information content (AvgIpc) is 3.36. The molecule has 1 aromatic carbocycles. The fraction of sp³-hybridized carbons (Fsp3) is 0.500. The van der Waals surface area contributed by atoms with Gasteiger partial charge in [0.2, 0.25) is 5.91 Å². The molecule has 8 heteroatoms. The van der Waals surface area contributed by atoms with Crippen molar-refractivity contribution in [1.82, 2.24) is 20.1 Å². The van der Waals surface area contributed by atoms with Crippen LogP contribution in [0.4, 0.5) is 4.79 Å². The summed E-state index contributed by atoms with van der Waals surface area (Å²) in [5.74, 6) is -0.132. The molecule has 1 N–H and O–H groups in total. The second-order valence-corrected chi connectivity index (χ2v) is 8.72. The van der Waals surface area contributed by atoms with Gasteiger partial charge in [-0.05, 0) is 31.4 Å². The van der Waals surface area contributed by atoms with Crippen molar-refractivity contribution < 1.29 is 14.4 Å². The smallest absolute Gasteiger partial charge is 0.325 e. The van der Waals surface area contributed by atoms with Crippen molar-refractivity contribution in [3.05, 3.63) is 29.3 Å². The lowest BCUT2D eigenvalue weighted by atomic mass is 9.98. The maximum absolute atomic E-state index is 12.6. The van der Waals surface area contributed by atoms with E-state index in [2.05, 4.69) is 10.3 Å². The molecule has 2 aliphatic rings. The first-order chi connectivity index (χ1) is 13.5. The highest BCUT2D eigenvalue weighted by Gasteiger charge is 2.52. The van der Waals surface area contributed by atoms with Crippen molar-refractivity contribution in [1.29, 1.82) is 0 Å².